The van der Waals surface area contributed by atoms with Crippen LogP contribution in [0.1, 0.15) is 15.9 Å². The van der Waals surface area contributed by atoms with Gasteiger partial charge in [-0.3, -0.25) is 4.79 Å². The Morgan fingerprint density at radius 2 is 2.11 bits per heavy atom. The number of nitrogen functional groups attached to an aromatic ring is 1. The number of hydrogen-bond acceptors (Lipinski definition) is 4. The monoisotopic (exact) mass is 340 g/mol. The highest BCUT2D eigenvalue weighted by Crippen LogP contribution is 2.20. The molecular weight excluding hydrogens is 332 g/mol. The number of nitrogens with two attached hydrogens (primary N) is 1. The lowest BCUT2D eigenvalue weighted by molar-refractivity contribution is 0.102. The van der Waals surface area contributed by atoms with Crippen molar-refractivity contribution < 1.29 is 4.79 Å². The van der Waals surface area contributed by atoms with Gasteiger partial charge in [-0.05, 0) is 40.5 Å². The van der Waals surface area contributed by atoms with Crippen molar-refractivity contribution in [2.75, 3.05) is 11.1 Å². The second-order valence-electron chi connectivity index (χ2n) is 3.86. The fourth-order valence-electron chi connectivity index (χ4n) is 1.48. The van der Waals surface area contributed by atoms with E-state index in [-0.39, 0.29) is 22.3 Å². The van der Waals surface area contributed by atoms with Crippen LogP contribution in [0, 0.1) is 6.92 Å². The molecule has 0 fully saturated rings. The summed E-state index contributed by atoms with van der Waals surface area (Å²) in [4.78, 5) is 20.0. The van der Waals surface area contributed by atoms with Crippen LogP contribution in [-0.4, -0.2) is 15.9 Å². The first-order chi connectivity index (χ1) is 8.97. The van der Waals surface area contributed by atoms with Crippen molar-refractivity contribution in [3.8, 4) is 0 Å². The fourth-order valence-corrected chi connectivity index (χ4v) is 2.11. The maximum absolute atomic E-state index is 12.1. The number of aromatic nitrogens is 2. The van der Waals surface area contributed by atoms with Crippen LogP contribution >= 0.6 is 27.5 Å². The summed E-state index contributed by atoms with van der Waals surface area (Å²) in [5, 5.41) is 2.92. The third-order valence-corrected chi connectivity index (χ3v) is 3.13. The molecule has 0 aromatic carbocycles. The van der Waals surface area contributed by atoms with E-state index in [0.29, 0.717) is 5.82 Å². The lowest BCUT2D eigenvalue weighted by Crippen LogP contribution is -2.15. The van der Waals surface area contributed by atoms with Crippen molar-refractivity contribution in [1.82, 2.24) is 9.97 Å². The van der Waals surface area contributed by atoms with Gasteiger partial charge in [0.25, 0.3) is 5.91 Å². The number of rotatable bonds is 2. The van der Waals surface area contributed by atoms with E-state index in [1.165, 1.54) is 12.3 Å². The molecule has 0 spiro atoms. The second-order valence-corrected chi connectivity index (χ2v) is 5.19. The number of nitrogens with zero attached hydrogens (tertiary/aromatic N) is 2. The quantitative estimate of drug-likeness (QED) is 0.879. The maximum atomic E-state index is 12.1. The van der Waals surface area contributed by atoms with Crippen molar-refractivity contribution in [1.29, 1.82) is 0 Å². The van der Waals surface area contributed by atoms with E-state index >= 15 is 0 Å². The molecule has 2 heterocycles. The van der Waals surface area contributed by atoms with Crippen LogP contribution in [-0.2, 0) is 0 Å². The first-order valence-corrected chi connectivity index (χ1v) is 6.49. The molecular formula is C12H10BrClN4O. The smallest absolute Gasteiger partial charge is 0.258 e. The number of hydrogen-bond donors (Lipinski definition) is 2. The summed E-state index contributed by atoms with van der Waals surface area (Å²) >= 11 is 9.22. The number of aryl methyl sites for hydroxylation is 1. The third kappa shape index (κ3) is 3.21. The molecule has 0 atom stereocenters. The van der Waals surface area contributed by atoms with Crippen LogP contribution in [0.3, 0.4) is 0 Å². The molecule has 0 aliphatic rings. The standard InChI is InChI=1S/C12H10BrClN4O/c1-6-2-7(13)4-17-11(6)18-12(19)8-3-10(15)16-5-9(8)14/h2-5H,1H3,(H2,15,16)(H,17,18,19). The first kappa shape index (κ1) is 13.8. The number of amides is 1. The van der Waals surface area contributed by atoms with Gasteiger partial charge in [-0.2, -0.15) is 0 Å². The third-order valence-electron chi connectivity index (χ3n) is 2.40. The molecule has 3 N–H and O–H groups in total. The largest absolute Gasteiger partial charge is 0.384 e. The van der Waals surface area contributed by atoms with Crippen molar-refractivity contribution >= 4 is 45.1 Å². The molecule has 19 heavy (non-hydrogen) atoms. The molecule has 0 aliphatic carbocycles. The van der Waals surface area contributed by atoms with Gasteiger partial charge in [0, 0.05) is 16.9 Å². The molecule has 2 rings (SSSR count). The molecule has 0 saturated heterocycles. The molecule has 98 valence electrons. The Kier molecular flexibility index (Phi) is 4.01. The minimum Gasteiger partial charge on any atom is -0.384 e. The SMILES string of the molecule is Cc1cc(Br)cnc1NC(=O)c1cc(N)ncc1Cl. The van der Waals surface area contributed by atoms with Gasteiger partial charge >= 0.3 is 0 Å². The summed E-state index contributed by atoms with van der Waals surface area (Å²) in [7, 11) is 0. The zero-order chi connectivity index (χ0) is 14.0. The summed E-state index contributed by atoms with van der Waals surface area (Å²) in [5.41, 5.74) is 6.63. The van der Waals surface area contributed by atoms with Gasteiger partial charge < -0.3 is 11.1 Å². The highest BCUT2D eigenvalue weighted by molar-refractivity contribution is 9.10. The number of pyridine rings is 2. The lowest BCUT2D eigenvalue weighted by Gasteiger charge is -2.08. The van der Waals surface area contributed by atoms with E-state index in [1.54, 1.807) is 6.20 Å². The zero-order valence-electron chi connectivity index (χ0n) is 9.95. The van der Waals surface area contributed by atoms with E-state index < -0.39 is 0 Å². The van der Waals surface area contributed by atoms with Gasteiger partial charge in [-0.25, -0.2) is 9.97 Å². The molecule has 0 bridgehead atoms. The number of carbonyl (C=O) groups excluding carboxylic acids is 1. The Bertz CT molecular complexity index is 648. The van der Waals surface area contributed by atoms with Crippen molar-refractivity contribution in [3.63, 3.8) is 0 Å². The number of anilines is 2. The second kappa shape index (κ2) is 5.54. The summed E-state index contributed by atoms with van der Waals surface area (Å²) in [6.45, 7) is 1.84. The van der Waals surface area contributed by atoms with Crippen molar-refractivity contribution in [2.45, 2.75) is 6.92 Å². The van der Waals surface area contributed by atoms with E-state index in [1.807, 2.05) is 13.0 Å². The van der Waals surface area contributed by atoms with Crippen LogP contribution in [0.15, 0.2) is 29.0 Å². The van der Waals surface area contributed by atoms with E-state index in [2.05, 4.69) is 31.2 Å². The Morgan fingerprint density at radius 3 is 2.79 bits per heavy atom. The van der Waals surface area contributed by atoms with Crippen LogP contribution in [0.2, 0.25) is 5.02 Å². The number of halogens is 2. The maximum Gasteiger partial charge on any atom is 0.258 e. The van der Waals surface area contributed by atoms with Gasteiger partial charge in [0.2, 0.25) is 0 Å². The number of nitrogens with one attached hydrogen (secondary N) is 1. The molecule has 0 radical (unpaired) electrons. The highest BCUT2D eigenvalue weighted by Gasteiger charge is 2.13. The summed E-state index contributed by atoms with van der Waals surface area (Å²) in [6.07, 6.45) is 2.94. The van der Waals surface area contributed by atoms with Gasteiger partial charge in [0.15, 0.2) is 0 Å². The molecule has 5 nitrogen and oxygen atoms in total. The normalized spacial score (nSPS) is 10.3. The van der Waals surface area contributed by atoms with Crippen LogP contribution in [0.4, 0.5) is 11.6 Å². The Balaban J connectivity index is 2.28. The highest BCUT2D eigenvalue weighted by atomic mass is 79.9. The van der Waals surface area contributed by atoms with Crippen LogP contribution in [0.5, 0.6) is 0 Å². The Labute approximate surface area is 123 Å². The average Bonchev–Trinajstić information content (AvgIpc) is 2.35. The van der Waals surface area contributed by atoms with Gasteiger partial charge in [0.05, 0.1) is 10.6 Å². The van der Waals surface area contributed by atoms with Crippen molar-refractivity contribution in [3.05, 3.63) is 45.1 Å². The van der Waals surface area contributed by atoms with Gasteiger partial charge in [0.1, 0.15) is 11.6 Å². The minimum atomic E-state index is -0.378. The van der Waals surface area contributed by atoms with E-state index in [0.717, 1.165) is 10.0 Å². The Morgan fingerprint density at radius 1 is 1.37 bits per heavy atom. The molecule has 1 amide bonds. The molecule has 0 saturated carbocycles. The summed E-state index contributed by atoms with van der Waals surface area (Å²) < 4.78 is 0.842. The summed E-state index contributed by atoms with van der Waals surface area (Å²) in [6, 6.07) is 3.27. The van der Waals surface area contributed by atoms with Crippen LogP contribution in [0.25, 0.3) is 0 Å². The Hall–Kier alpha value is -1.66. The van der Waals surface area contributed by atoms with E-state index in [9.17, 15) is 4.79 Å². The lowest BCUT2D eigenvalue weighted by atomic mass is 10.2. The average molecular weight is 342 g/mol. The molecule has 7 heteroatoms. The van der Waals surface area contributed by atoms with Crippen molar-refractivity contribution in [2.24, 2.45) is 0 Å². The molecule has 2 aromatic rings. The predicted octanol–water partition coefficient (Wildman–Crippen LogP) is 3.04. The van der Waals surface area contributed by atoms with Gasteiger partial charge in [-0.15, -0.1) is 0 Å². The molecule has 0 unspecified atom stereocenters. The fraction of sp³-hybridized carbons (Fsp3) is 0.0833. The molecule has 0 aliphatic heterocycles. The predicted molar refractivity (Wildman–Crippen MR) is 78.3 cm³/mol. The van der Waals surface area contributed by atoms with Gasteiger partial charge in [-0.1, -0.05) is 11.6 Å². The number of carbonyl (C=O) groups is 1. The topological polar surface area (TPSA) is 80.9 Å². The van der Waals surface area contributed by atoms with Crippen LogP contribution < -0.4 is 11.1 Å². The summed E-state index contributed by atoms with van der Waals surface area (Å²) in [5.74, 6) is 0.326. The van der Waals surface area contributed by atoms with E-state index in [4.69, 9.17) is 17.3 Å². The molecule has 2 aromatic heterocycles. The zero-order valence-corrected chi connectivity index (χ0v) is 12.3. The minimum absolute atomic E-state index is 0.232. The first-order valence-electron chi connectivity index (χ1n) is 5.32.